The second-order valence-corrected chi connectivity index (χ2v) is 5.89. The monoisotopic (exact) mass is 257 g/mol. The average molecular weight is 257 g/mol. The van der Waals surface area contributed by atoms with Gasteiger partial charge in [0.2, 0.25) is 0 Å². The average Bonchev–Trinajstić information content (AvgIpc) is 2.30. The van der Waals surface area contributed by atoms with E-state index in [4.69, 9.17) is 0 Å². The van der Waals surface area contributed by atoms with Gasteiger partial charge >= 0.3 is 0 Å². The third kappa shape index (κ3) is 14.0. The van der Waals surface area contributed by atoms with Crippen molar-refractivity contribution in [3.8, 4) is 0 Å². The van der Waals surface area contributed by atoms with Gasteiger partial charge in [-0.25, -0.2) is 0 Å². The van der Waals surface area contributed by atoms with Crippen molar-refractivity contribution >= 4 is 0 Å². The van der Waals surface area contributed by atoms with Crippen molar-refractivity contribution in [3.63, 3.8) is 0 Å². The van der Waals surface area contributed by atoms with E-state index in [1.54, 1.807) is 0 Å². The first-order valence-corrected chi connectivity index (χ1v) is 7.99. The summed E-state index contributed by atoms with van der Waals surface area (Å²) in [6.45, 7) is 3.07. The molecular formula is C16H35NO. The second kappa shape index (κ2) is 13.4. The standard InChI is InChI=1S/C16H35NO/c1-4-5-6-7-8-9-10-11-12-13-14-16(18)15-17(2)3/h16,18H,4-15H2,1-3H3. The molecule has 0 aliphatic heterocycles. The first-order chi connectivity index (χ1) is 8.66. The van der Waals surface area contributed by atoms with Crippen LogP contribution >= 0.6 is 0 Å². The maximum atomic E-state index is 9.70. The Hall–Kier alpha value is -0.0800. The molecule has 1 N–H and O–H groups in total. The van der Waals surface area contributed by atoms with E-state index in [1.165, 1.54) is 64.2 Å². The van der Waals surface area contributed by atoms with Gasteiger partial charge in [-0.3, -0.25) is 0 Å². The van der Waals surface area contributed by atoms with Gasteiger partial charge < -0.3 is 10.0 Å². The molecule has 110 valence electrons. The number of nitrogens with zero attached hydrogens (tertiary/aromatic N) is 1. The Kier molecular flexibility index (Phi) is 13.3. The van der Waals surface area contributed by atoms with Gasteiger partial charge in [-0.05, 0) is 20.5 Å². The maximum absolute atomic E-state index is 9.70. The van der Waals surface area contributed by atoms with Crippen molar-refractivity contribution in [2.75, 3.05) is 20.6 Å². The molecule has 2 nitrogen and oxygen atoms in total. The lowest BCUT2D eigenvalue weighted by atomic mass is 10.0. The van der Waals surface area contributed by atoms with Crippen molar-refractivity contribution in [3.05, 3.63) is 0 Å². The van der Waals surface area contributed by atoms with Gasteiger partial charge in [0.05, 0.1) is 6.10 Å². The number of aliphatic hydroxyl groups is 1. The van der Waals surface area contributed by atoms with Crippen molar-refractivity contribution < 1.29 is 5.11 Å². The predicted molar refractivity (Wildman–Crippen MR) is 81.0 cm³/mol. The normalized spacial score (nSPS) is 13.2. The quantitative estimate of drug-likeness (QED) is 0.499. The minimum absolute atomic E-state index is 0.131. The van der Waals surface area contributed by atoms with Gasteiger partial charge in [0.15, 0.2) is 0 Å². The van der Waals surface area contributed by atoms with Crippen molar-refractivity contribution in [2.45, 2.75) is 83.7 Å². The Labute approximate surface area is 115 Å². The van der Waals surface area contributed by atoms with Gasteiger partial charge in [-0.1, -0.05) is 71.1 Å². The highest BCUT2D eigenvalue weighted by Gasteiger charge is 2.04. The fourth-order valence-electron chi connectivity index (χ4n) is 2.38. The molecule has 0 bridgehead atoms. The molecular weight excluding hydrogens is 222 g/mol. The topological polar surface area (TPSA) is 23.5 Å². The summed E-state index contributed by atoms with van der Waals surface area (Å²) in [6, 6.07) is 0. The van der Waals surface area contributed by atoms with Crippen molar-refractivity contribution in [1.82, 2.24) is 4.90 Å². The van der Waals surface area contributed by atoms with Crippen LogP contribution < -0.4 is 0 Å². The molecule has 0 aromatic carbocycles. The lowest BCUT2D eigenvalue weighted by molar-refractivity contribution is 0.125. The van der Waals surface area contributed by atoms with Crippen LogP contribution in [0, 0.1) is 0 Å². The largest absolute Gasteiger partial charge is 0.392 e. The fraction of sp³-hybridized carbons (Fsp3) is 1.00. The summed E-state index contributed by atoms with van der Waals surface area (Å²) in [6.07, 6.45) is 14.5. The van der Waals surface area contributed by atoms with Crippen LogP contribution in [0.25, 0.3) is 0 Å². The molecule has 0 amide bonds. The molecule has 0 aromatic heterocycles. The Balaban J connectivity index is 3.07. The molecule has 0 aliphatic carbocycles. The third-order valence-electron chi connectivity index (χ3n) is 3.47. The van der Waals surface area contributed by atoms with Gasteiger partial charge in [0.25, 0.3) is 0 Å². The molecule has 1 unspecified atom stereocenters. The summed E-state index contributed by atoms with van der Waals surface area (Å²) in [5.74, 6) is 0. The van der Waals surface area contributed by atoms with Crippen LogP contribution in [-0.4, -0.2) is 36.8 Å². The number of unbranched alkanes of at least 4 members (excludes halogenated alkanes) is 9. The molecule has 0 aromatic rings. The second-order valence-electron chi connectivity index (χ2n) is 5.89. The minimum atomic E-state index is -0.131. The minimum Gasteiger partial charge on any atom is -0.392 e. The summed E-state index contributed by atoms with van der Waals surface area (Å²) in [5, 5.41) is 9.70. The van der Waals surface area contributed by atoms with Crippen LogP contribution in [0.3, 0.4) is 0 Å². The highest BCUT2D eigenvalue weighted by Crippen LogP contribution is 2.12. The molecule has 0 radical (unpaired) electrons. The third-order valence-corrected chi connectivity index (χ3v) is 3.47. The summed E-state index contributed by atoms with van der Waals surface area (Å²) < 4.78 is 0. The van der Waals surface area contributed by atoms with E-state index in [1.807, 2.05) is 14.1 Å². The summed E-state index contributed by atoms with van der Waals surface area (Å²) in [4.78, 5) is 2.06. The fourth-order valence-corrected chi connectivity index (χ4v) is 2.38. The highest BCUT2D eigenvalue weighted by atomic mass is 16.3. The molecule has 2 heteroatoms. The van der Waals surface area contributed by atoms with Gasteiger partial charge in [0, 0.05) is 6.54 Å². The van der Waals surface area contributed by atoms with E-state index in [2.05, 4.69) is 11.8 Å². The first-order valence-electron chi connectivity index (χ1n) is 7.99. The summed E-state index contributed by atoms with van der Waals surface area (Å²) in [5.41, 5.74) is 0. The smallest absolute Gasteiger partial charge is 0.0666 e. The van der Waals surface area contributed by atoms with Crippen LogP contribution in [0.1, 0.15) is 77.6 Å². The van der Waals surface area contributed by atoms with Crippen LogP contribution in [0.2, 0.25) is 0 Å². The van der Waals surface area contributed by atoms with E-state index in [0.29, 0.717) is 0 Å². The van der Waals surface area contributed by atoms with Crippen LogP contribution in [0.5, 0.6) is 0 Å². The summed E-state index contributed by atoms with van der Waals surface area (Å²) >= 11 is 0. The Bertz CT molecular complexity index is 159. The Morgan fingerprint density at radius 1 is 0.778 bits per heavy atom. The molecule has 1 atom stereocenters. The number of aliphatic hydroxyl groups excluding tert-OH is 1. The summed E-state index contributed by atoms with van der Waals surface area (Å²) in [7, 11) is 4.03. The van der Waals surface area contributed by atoms with E-state index in [-0.39, 0.29) is 6.10 Å². The lowest BCUT2D eigenvalue weighted by Crippen LogP contribution is -2.25. The van der Waals surface area contributed by atoms with Crippen LogP contribution in [-0.2, 0) is 0 Å². The predicted octanol–water partition coefficient (Wildman–Crippen LogP) is 4.22. The number of rotatable bonds is 13. The molecule has 0 spiro atoms. The number of hydrogen-bond acceptors (Lipinski definition) is 2. The Morgan fingerprint density at radius 3 is 1.67 bits per heavy atom. The Morgan fingerprint density at radius 2 is 1.22 bits per heavy atom. The van der Waals surface area contributed by atoms with Crippen LogP contribution in [0.15, 0.2) is 0 Å². The highest BCUT2D eigenvalue weighted by molar-refractivity contribution is 4.59. The van der Waals surface area contributed by atoms with Gasteiger partial charge in [-0.15, -0.1) is 0 Å². The molecule has 0 rings (SSSR count). The molecule has 0 heterocycles. The zero-order valence-electron chi connectivity index (χ0n) is 13.0. The molecule has 0 saturated carbocycles. The zero-order valence-corrected chi connectivity index (χ0v) is 13.0. The van der Waals surface area contributed by atoms with E-state index >= 15 is 0 Å². The molecule has 0 saturated heterocycles. The molecule has 0 fully saturated rings. The van der Waals surface area contributed by atoms with Gasteiger partial charge in [-0.2, -0.15) is 0 Å². The van der Waals surface area contributed by atoms with Crippen molar-refractivity contribution in [1.29, 1.82) is 0 Å². The lowest BCUT2D eigenvalue weighted by Gasteiger charge is -2.15. The number of hydrogen-bond donors (Lipinski definition) is 1. The zero-order chi connectivity index (χ0) is 13.6. The van der Waals surface area contributed by atoms with E-state index < -0.39 is 0 Å². The SMILES string of the molecule is CCCCCCCCCCCCC(O)CN(C)C. The van der Waals surface area contributed by atoms with Crippen LogP contribution in [0.4, 0.5) is 0 Å². The van der Waals surface area contributed by atoms with E-state index in [9.17, 15) is 5.11 Å². The van der Waals surface area contributed by atoms with Gasteiger partial charge in [0.1, 0.15) is 0 Å². The van der Waals surface area contributed by atoms with Crippen molar-refractivity contribution in [2.24, 2.45) is 0 Å². The first kappa shape index (κ1) is 17.9. The molecule has 18 heavy (non-hydrogen) atoms. The maximum Gasteiger partial charge on any atom is 0.0666 e. The molecule has 0 aliphatic rings. The van der Waals surface area contributed by atoms with E-state index in [0.717, 1.165) is 13.0 Å². The number of likely N-dealkylation sites (N-methyl/N-ethyl adjacent to an activating group) is 1.